The van der Waals surface area contributed by atoms with Crippen molar-refractivity contribution in [1.82, 2.24) is 15.5 Å². The third-order valence-electron chi connectivity index (χ3n) is 4.25. The lowest BCUT2D eigenvalue weighted by Crippen LogP contribution is -2.28. The number of benzene rings is 2. The fourth-order valence-electron chi connectivity index (χ4n) is 2.72. The van der Waals surface area contributed by atoms with Gasteiger partial charge in [0.05, 0.1) is 18.4 Å². The molecule has 0 aliphatic rings. The predicted molar refractivity (Wildman–Crippen MR) is 106 cm³/mol. The van der Waals surface area contributed by atoms with Crippen LogP contribution in [-0.4, -0.2) is 22.7 Å². The number of rotatable bonds is 7. The highest BCUT2D eigenvalue weighted by Gasteiger charge is 2.15. The molecule has 7 nitrogen and oxygen atoms in total. The van der Waals surface area contributed by atoms with Crippen molar-refractivity contribution in [3.63, 3.8) is 0 Å². The monoisotopic (exact) mass is 389 g/mol. The average Bonchev–Trinajstić information content (AvgIpc) is 3.44. The van der Waals surface area contributed by atoms with Crippen LogP contribution in [-0.2, 0) is 11.3 Å². The smallest absolute Gasteiger partial charge is 0.262 e. The molecular formula is C22H19N3O4. The molecule has 0 saturated heterocycles. The number of hydrogen-bond acceptors (Lipinski definition) is 6. The number of ether oxygens (including phenoxy) is 1. The zero-order valence-electron chi connectivity index (χ0n) is 15.8. The van der Waals surface area contributed by atoms with Crippen LogP contribution in [0.2, 0.25) is 0 Å². The highest BCUT2D eigenvalue weighted by atomic mass is 16.5. The number of nitrogens with one attached hydrogen (secondary N) is 1. The molecule has 4 aromatic rings. The Morgan fingerprint density at radius 1 is 1.07 bits per heavy atom. The number of carbonyl (C=O) groups is 1. The van der Waals surface area contributed by atoms with Crippen LogP contribution in [0.4, 0.5) is 0 Å². The number of para-hydroxylation sites is 1. The van der Waals surface area contributed by atoms with E-state index in [0.29, 0.717) is 35.3 Å². The first kappa shape index (κ1) is 18.5. The molecule has 2 aromatic carbocycles. The number of hydrogen-bond donors (Lipinski definition) is 1. The van der Waals surface area contributed by atoms with Crippen molar-refractivity contribution in [1.29, 1.82) is 0 Å². The van der Waals surface area contributed by atoms with Crippen LogP contribution in [0.15, 0.2) is 75.9 Å². The lowest BCUT2D eigenvalue weighted by molar-refractivity contribution is -0.123. The van der Waals surface area contributed by atoms with Gasteiger partial charge in [0.15, 0.2) is 6.61 Å². The Balaban J connectivity index is 1.44. The Kier molecular flexibility index (Phi) is 5.38. The van der Waals surface area contributed by atoms with Gasteiger partial charge in [-0.1, -0.05) is 47.1 Å². The quantitative estimate of drug-likeness (QED) is 0.514. The van der Waals surface area contributed by atoms with E-state index < -0.39 is 0 Å². The Morgan fingerprint density at radius 2 is 1.90 bits per heavy atom. The summed E-state index contributed by atoms with van der Waals surface area (Å²) in [4.78, 5) is 16.5. The van der Waals surface area contributed by atoms with E-state index in [4.69, 9.17) is 13.7 Å². The molecule has 0 spiro atoms. The average molecular weight is 389 g/mol. The fraction of sp³-hybridized carbons (Fsp3) is 0.136. The molecular weight excluding hydrogens is 370 g/mol. The summed E-state index contributed by atoms with van der Waals surface area (Å²) in [6, 6.07) is 18.6. The molecule has 7 heteroatoms. The molecule has 0 aliphatic carbocycles. The summed E-state index contributed by atoms with van der Waals surface area (Å²) in [5.74, 6) is 1.72. The zero-order chi connectivity index (χ0) is 20.1. The van der Waals surface area contributed by atoms with Crippen LogP contribution >= 0.6 is 0 Å². The first-order chi connectivity index (χ1) is 14.2. The van der Waals surface area contributed by atoms with Crippen molar-refractivity contribution in [3.05, 3.63) is 78.3 Å². The minimum absolute atomic E-state index is 0.142. The van der Waals surface area contributed by atoms with Gasteiger partial charge in [0, 0.05) is 5.56 Å². The Labute approximate surface area is 167 Å². The number of aryl methyl sites for hydroxylation is 1. The minimum atomic E-state index is -0.262. The molecule has 4 rings (SSSR count). The summed E-state index contributed by atoms with van der Waals surface area (Å²) >= 11 is 0. The van der Waals surface area contributed by atoms with E-state index in [0.717, 1.165) is 11.1 Å². The van der Waals surface area contributed by atoms with Crippen molar-refractivity contribution < 1.29 is 18.5 Å². The van der Waals surface area contributed by atoms with Crippen LogP contribution in [0.5, 0.6) is 5.75 Å². The maximum absolute atomic E-state index is 12.0. The largest absolute Gasteiger partial charge is 0.483 e. The predicted octanol–water partition coefficient (Wildman–Crippen LogP) is 4.00. The van der Waals surface area contributed by atoms with E-state index in [1.165, 1.54) is 0 Å². The lowest BCUT2D eigenvalue weighted by Gasteiger charge is -2.09. The maximum Gasteiger partial charge on any atom is 0.262 e. The van der Waals surface area contributed by atoms with Gasteiger partial charge in [0.2, 0.25) is 5.82 Å². The van der Waals surface area contributed by atoms with Gasteiger partial charge >= 0.3 is 0 Å². The fourth-order valence-corrected chi connectivity index (χ4v) is 2.72. The van der Waals surface area contributed by atoms with Crippen LogP contribution in [0.3, 0.4) is 0 Å². The molecule has 0 bridgehead atoms. The Bertz CT molecular complexity index is 1090. The van der Waals surface area contributed by atoms with Crippen LogP contribution in [0.1, 0.15) is 11.3 Å². The Hall–Kier alpha value is -3.87. The van der Waals surface area contributed by atoms with Gasteiger partial charge in [0.1, 0.15) is 11.5 Å². The van der Waals surface area contributed by atoms with Gasteiger partial charge in [-0.3, -0.25) is 4.79 Å². The van der Waals surface area contributed by atoms with Crippen LogP contribution in [0.25, 0.3) is 22.8 Å². The van der Waals surface area contributed by atoms with Crippen molar-refractivity contribution in [2.75, 3.05) is 6.61 Å². The van der Waals surface area contributed by atoms with E-state index in [1.54, 1.807) is 24.5 Å². The second-order valence-electron chi connectivity index (χ2n) is 6.43. The van der Waals surface area contributed by atoms with E-state index in [1.807, 2.05) is 49.4 Å². The maximum atomic E-state index is 12.0. The van der Waals surface area contributed by atoms with Crippen molar-refractivity contribution in [2.45, 2.75) is 13.5 Å². The second kappa shape index (κ2) is 8.43. The van der Waals surface area contributed by atoms with E-state index >= 15 is 0 Å². The second-order valence-corrected chi connectivity index (χ2v) is 6.43. The minimum Gasteiger partial charge on any atom is -0.483 e. The highest BCUT2D eigenvalue weighted by Crippen LogP contribution is 2.30. The van der Waals surface area contributed by atoms with Gasteiger partial charge in [-0.05, 0) is 31.2 Å². The van der Waals surface area contributed by atoms with Gasteiger partial charge in [0.25, 0.3) is 11.8 Å². The molecule has 0 radical (unpaired) electrons. The molecule has 0 fully saturated rings. The molecule has 1 amide bonds. The van der Waals surface area contributed by atoms with Gasteiger partial charge < -0.3 is 19.0 Å². The van der Waals surface area contributed by atoms with Crippen LogP contribution < -0.4 is 10.1 Å². The topological polar surface area (TPSA) is 90.4 Å². The third kappa shape index (κ3) is 4.52. The van der Waals surface area contributed by atoms with Gasteiger partial charge in [-0.25, -0.2) is 0 Å². The van der Waals surface area contributed by atoms with Gasteiger partial charge in [-0.15, -0.1) is 0 Å². The summed E-state index contributed by atoms with van der Waals surface area (Å²) in [5, 5.41) is 6.79. The number of furan rings is 1. The van der Waals surface area contributed by atoms with Gasteiger partial charge in [-0.2, -0.15) is 4.98 Å². The molecule has 0 saturated carbocycles. The number of amides is 1. The highest BCUT2D eigenvalue weighted by molar-refractivity contribution is 5.78. The zero-order valence-corrected chi connectivity index (χ0v) is 15.8. The van der Waals surface area contributed by atoms with E-state index in [2.05, 4.69) is 15.5 Å². The summed E-state index contributed by atoms with van der Waals surface area (Å²) in [5.41, 5.74) is 2.64. The molecule has 2 heterocycles. The number of nitrogens with zero attached hydrogens (tertiary/aromatic N) is 2. The summed E-state index contributed by atoms with van der Waals surface area (Å²) < 4.78 is 16.3. The molecule has 0 atom stereocenters. The number of aromatic nitrogens is 2. The van der Waals surface area contributed by atoms with E-state index in [-0.39, 0.29) is 12.5 Å². The molecule has 146 valence electrons. The first-order valence-corrected chi connectivity index (χ1v) is 9.11. The third-order valence-corrected chi connectivity index (χ3v) is 4.25. The molecule has 0 unspecified atom stereocenters. The summed E-state index contributed by atoms with van der Waals surface area (Å²) in [6.07, 6.45) is 1.56. The summed E-state index contributed by atoms with van der Waals surface area (Å²) in [6.45, 7) is 2.18. The molecule has 0 aliphatic heterocycles. The van der Waals surface area contributed by atoms with E-state index in [9.17, 15) is 4.79 Å². The SMILES string of the molecule is Cc1ccc(-c2noc(-c3ccccc3OCC(=O)NCc3ccco3)n2)cc1. The van der Waals surface area contributed by atoms with Crippen molar-refractivity contribution >= 4 is 5.91 Å². The van der Waals surface area contributed by atoms with Crippen molar-refractivity contribution in [3.8, 4) is 28.6 Å². The van der Waals surface area contributed by atoms with Crippen molar-refractivity contribution in [2.24, 2.45) is 0 Å². The molecule has 29 heavy (non-hydrogen) atoms. The summed E-state index contributed by atoms with van der Waals surface area (Å²) in [7, 11) is 0. The van der Waals surface area contributed by atoms with Crippen LogP contribution in [0, 0.1) is 6.92 Å². The number of carbonyl (C=O) groups excluding carboxylic acids is 1. The molecule has 1 N–H and O–H groups in total. The molecule has 2 aromatic heterocycles. The lowest BCUT2D eigenvalue weighted by atomic mass is 10.1. The normalized spacial score (nSPS) is 10.7. The first-order valence-electron chi connectivity index (χ1n) is 9.11. The standard InChI is InChI=1S/C22H19N3O4/c1-15-8-10-16(11-9-15)21-24-22(29-25-21)18-6-2-3-7-19(18)28-14-20(26)23-13-17-5-4-12-27-17/h2-12H,13-14H2,1H3,(H,23,26). The Morgan fingerprint density at radius 3 is 2.69 bits per heavy atom.